The Morgan fingerprint density at radius 3 is 2.59 bits per heavy atom. The van der Waals surface area contributed by atoms with Crippen molar-refractivity contribution in [1.29, 1.82) is 0 Å². The summed E-state index contributed by atoms with van der Waals surface area (Å²) in [5.74, 6) is 0. The lowest BCUT2D eigenvalue weighted by molar-refractivity contribution is 0.170. The minimum atomic E-state index is -0.211. The molecule has 0 fully saturated rings. The molecule has 7 nitrogen and oxygen atoms in total. The number of rotatable bonds is 6. The quantitative estimate of drug-likeness (QED) is 0.850. The van der Waals surface area contributed by atoms with Crippen LogP contribution in [0.3, 0.4) is 0 Å². The SMILES string of the molecule is COCC(C)NC(=O)NC(C)c1ccc(-n2cncn2)cc1. The van der Waals surface area contributed by atoms with Crippen LogP contribution in [0.1, 0.15) is 25.5 Å². The highest BCUT2D eigenvalue weighted by Crippen LogP contribution is 2.15. The van der Waals surface area contributed by atoms with Crippen molar-refractivity contribution >= 4 is 6.03 Å². The zero-order valence-electron chi connectivity index (χ0n) is 13.0. The Labute approximate surface area is 129 Å². The first kappa shape index (κ1) is 16.0. The van der Waals surface area contributed by atoms with Gasteiger partial charge in [-0.15, -0.1) is 0 Å². The fraction of sp³-hybridized carbons (Fsp3) is 0.400. The number of aromatic nitrogens is 3. The summed E-state index contributed by atoms with van der Waals surface area (Å²) >= 11 is 0. The standard InChI is InChI=1S/C15H21N5O2/c1-11(8-22-3)18-15(21)19-12(2)13-4-6-14(7-5-13)20-10-16-9-17-20/h4-7,9-12H,8H2,1-3H3,(H2,18,19,21). The zero-order valence-corrected chi connectivity index (χ0v) is 13.0. The number of urea groups is 1. The minimum absolute atomic E-state index is 0.0353. The molecule has 2 N–H and O–H groups in total. The van der Waals surface area contributed by atoms with Crippen molar-refractivity contribution in [2.45, 2.75) is 25.9 Å². The van der Waals surface area contributed by atoms with Gasteiger partial charge in [-0.2, -0.15) is 5.10 Å². The fourth-order valence-electron chi connectivity index (χ4n) is 2.09. The maximum Gasteiger partial charge on any atom is 0.315 e. The molecule has 0 bridgehead atoms. The molecule has 22 heavy (non-hydrogen) atoms. The van der Waals surface area contributed by atoms with Gasteiger partial charge in [0.1, 0.15) is 12.7 Å². The number of carbonyl (C=O) groups is 1. The van der Waals surface area contributed by atoms with Crippen molar-refractivity contribution in [2.75, 3.05) is 13.7 Å². The summed E-state index contributed by atoms with van der Waals surface area (Å²) in [6.45, 7) is 4.31. The first-order valence-corrected chi connectivity index (χ1v) is 7.11. The normalized spacial score (nSPS) is 13.4. The molecule has 1 aromatic carbocycles. The highest BCUT2D eigenvalue weighted by atomic mass is 16.5. The number of nitrogens with zero attached hydrogens (tertiary/aromatic N) is 3. The number of methoxy groups -OCH3 is 1. The third kappa shape index (κ3) is 4.29. The van der Waals surface area contributed by atoms with Crippen LogP contribution in [0.5, 0.6) is 0 Å². The fourth-order valence-corrected chi connectivity index (χ4v) is 2.09. The van der Waals surface area contributed by atoms with Gasteiger partial charge in [0.2, 0.25) is 0 Å². The summed E-state index contributed by atoms with van der Waals surface area (Å²) in [7, 11) is 1.61. The summed E-state index contributed by atoms with van der Waals surface area (Å²) in [5.41, 5.74) is 1.94. The molecule has 0 aliphatic carbocycles. The van der Waals surface area contributed by atoms with Crippen molar-refractivity contribution in [3.05, 3.63) is 42.5 Å². The summed E-state index contributed by atoms with van der Waals surface area (Å²) in [4.78, 5) is 15.8. The summed E-state index contributed by atoms with van der Waals surface area (Å²) < 4.78 is 6.67. The maximum atomic E-state index is 11.9. The molecule has 7 heteroatoms. The second-order valence-electron chi connectivity index (χ2n) is 5.13. The molecular weight excluding hydrogens is 282 g/mol. The number of benzene rings is 1. The second-order valence-corrected chi connectivity index (χ2v) is 5.13. The molecular formula is C15H21N5O2. The largest absolute Gasteiger partial charge is 0.383 e. The van der Waals surface area contributed by atoms with Gasteiger partial charge in [0, 0.05) is 7.11 Å². The number of hydrogen-bond donors (Lipinski definition) is 2. The molecule has 2 aromatic rings. The summed E-state index contributed by atoms with van der Waals surface area (Å²) in [5, 5.41) is 9.79. The highest BCUT2D eigenvalue weighted by Gasteiger charge is 2.11. The predicted molar refractivity (Wildman–Crippen MR) is 82.8 cm³/mol. The monoisotopic (exact) mass is 303 g/mol. The van der Waals surface area contributed by atoms with E-state index in [1.807, 2.05) is 38.1 Å². The van der Waals surface area contributed by atoms with Crippen LogP contribution in [0.15, 0.2) is 36.9 Å². The van der Waals surface area contributed by atoms with Crippen molar-refractivity contribution in [2.24, 2.45) is 0 Å². The molecule has 0 radical (unpaired) electrons. The van der Waals surface area contributed by atoms with E-state index in [2.05, 4.69) is 20.7 Å². The number of hydrogen-bond acceptors (Lipinski definition) is 4. The Hall–Kier alpha value is -2.41. The molecule has 2 atom stereocenters. The van der Waals surface area contributed by atoms with Crippen LogP contribution in [-0.4, -0.2) is 40.6 Å². The van der Waals surface area contributed by atoms with Gasteiger partial charge in [0.25, 0.3) is 0 Å². The van der Waals surface area contributed by atoms with Gasteiger partial charge >= 0.3 is 6.03 Å². The molecule has 0 aliphatic rings. The van der Waals surface area contributed by atoms with E-state index in [0.717, 1.165) is 11.3 Å². The average Bonchev–Trinajstić information content (AvgIpc) is 3.01. The smallest absolute Gasteiger partial charge is 0.315 e. The van der Waals surface area contributed by atoms with Gasteiger partial charge in [-0.3, -0.25) is 0 Å². The van der Waals surface area contributed by atoms with E-state index in [0.29, 0.717) is 6.61 Å². The van der Waals surface area contributed by atoms with E-state index in [-0.39, 0.29) is 18.1 Å². The Kier molecular flexibility index (Phi) is 5.48. The molecule has 1 aromatic heterocycles. The van der Waals surface area contributed by atoms with Gasteiger partial charge in [-0.05, 0) is 31.5 Å². The third-order valence-corrected chi connectivity index (χ3v) is 3.22. The predicted octanol–water partition coefficient (Wildman–Crippen LogP) is 1.66. The van der Waals surface area contributed by atoms with Crippen LogP contribution in [0.25, 0.3) is 5.69 Å². The van der Waals surface area contributed by atoms with Crippen LogP contribution in [0.2, 0.25) is 0 Å². The number of ether oxygens (including phenoxy) is 1. The van der Waals surface area contributed by atoms with Gasteiger partial charge < -0.3 is 15.4 Å². The van der Waals surface area contributed by atoms with Gasteiger partial charge in [0.05, 0.1) is 24.4 Å². The third-order valence-electron chi connectivity index (χ3n) is 3.22. The van der Waals surface area contributed by atoms with Crippen LogP contribution in [0.4, 0.5) is 4.79 Å². The van der Waals surface area contributed by atoms with E-state index in [1.165, 1.54) is 6.33 Å². The minimum Gasteiger partial charge on any atom is -0.383 e. The first-order chi connectivity index (χ1) is 10.6. The van der Waals surface area contributed by atoms with Crippen LogP contribution >= 0.6 is 0 Å². The van der Waals surface area contributed by atoms with Crippen LogP contribution < -0.4 is 10.6 Å². The number of nitrogens with one attached hydrogen (secondary N) is 2. The molecule has 0 spiro atoms. The lowest BCUT2D eigenvalue weighted by Gasteiger charge is -2.18. The average molecular weight is 303 g/mol. The van der Waals surface area contributed by atoms with Crippen molar-refractivity contribution < 1.29 is 9.53 Å². The van der Waals surface area contributed by atoms with E-state index < -0.39 is 0 Å². The van der Waals surface area contributed by atoms with E-state index in [9.17, 15) is 4.79 Å². The first-order valence-electron chi connectivity index (χ1n) is 7.11. The Morgan fingerprint density at radius 2 is 2.00 bits per heavy atom. The number of amides is 2. The van der Waals surface area contributed by atoms with E-state index in [1.54, 1.807) is 18.1 Å². The molecule has 0 aliphatic heterocycles. The molecule has 2 rings (SSSR count). The van der Waals surface area contributed by atoms with Crippen LogP contribution in [0, 0.1) is 0 Å². The Morgan fingerprint density at radius 1 is 1.27 bits per heavy atom. The molecule has 1 heterocycles. The Bertz CT molecular complexity index is 582. The van der Waals surface area contributed by atoms with Crippen molar-refractivity contribution in [3.63, 3.8) is 0 Å². The van der Waals surface area contributed by atoms with Gasteiger partial charge in [0.15, 0.2) is 0 Å². The van der Waals surface area contributed by atoms with Crippen molar-refractivity contribution in [1.82, 2.24) is 25.4 Å². The summed E-state index contributed by atoms with van der Waals surface area (Å²) in [6.07, 6.45) is 3.13. The second kappa shape index (κ2) is 7.56. The molecule has 0 saturated heterocycles. The van der Waals surface area contributed by atoms with Crippen LogP contribution in [-0.2, 0) is 4.74 Å². The van der Waals surface area contributed by atoms with E-state index >= 15 is 0 Å². The Balaban J connectivity index is 1.92. The van der Waals surface area contributed by atoms with Crippen molar-refractivity contribution in [3.8, 4) is 5.69 Å². The lowest BCUT2D eigenvalue weighted by Crippen LogP contribution is -2.43. The molecule has 0 saturated carbocycles. The summed E-state index contributed by atoms with van der Waals surface area (Å²) in [6, 6.07) is 7.45. The lowest BCUT2D eigenvalue weighted by atomic mass is 10.1. The molecule has 2 amide bonds. The zero-order chi connectivity index (χ0) is 15.9. The highest BCUT2D eigenvalue weighted by molar-refractivity contribution is 5.74. The van der Waals surface area contributed by atoms with Gasteiger partial charge in [-0.25, -0.2) is 14.5 Å². The topological polar surface area (TPSA) is 81.1 Å². The molecule has 2 unspecified atom stereocenters. The van der Waals surface area contributed by atoms with Gasteiger partial charge in [-0.1, -0.05) is 12.1 Å². The maximum absolute atomic E-state index is 11.9. The van der Waals surface area contributed by atoms with E-state index in [4.69, 9.17) is 4.74 Å². The molecule has 118 valence electrons. The number of carbonyl (C=O) groups excluding carboxylic acids is 1.